The molecule has 0 radical (unpaired) electrons. The first-order valence-corrected chi connectivity index (χ1v) is 9.54. The van der Waals surface area contributed by atoms with Crippen molar-refractivity contribution in [1.29, 1.82) is 0 Å². The van der Waals surface area contributed by atoms with E-state index in [-0.39, 0.29) is 40.6 Å². The molecule has 0 aromatic heterocycles. The maximum absolute atomic E-state index is 12.9. The zero-order valence-electron chi connectivity index (χ0n) is 16.2. The van der Waals surface area contributed by atoms with E-state index >= 15 is 0 Å². The molecule has 2 aromatic carbocycles. The maximum atomic E-state index is 12.9. The summed E-state index contributed by atoms with van der Waals surface area (Å²) in [6.45, 7) is 1.95. The summed E-state index contributed by atoms with van der Waals surface area (Å²) in [5, 5.41) is 13.5. The molecule has 8 heteroatoms. The number of non-ortho nitro benzene ring substituents is 1. The molecule has 152 valence electrons. The van der Waals surface area contributed by atoms with E-state index < -0.39 is 10.8 Å². The fourth-order valence-electron chi connectivity index (χ4n) is 3.98. The van der Waals surface area contributed by atoms with Crippen LogP contribution in [0.5, 0.6) is 0 Å². The average Bonchev–Trinajstić information content (AvgIpc) is 2.98. The first-order valence-electron chi connectivity index (χ1n) is 9.54. The van der Waals surface area contributed by atoms with Crippen molar-refractivity contribution < 1.29 is 19.3 Å². The minimum absolute atomic E-state index is 0.138. The van der Waals surface area contributed by atoms with Gasteiger partial charge in [0.2, 0.25) is 11.8 Å². The lowest BCUT2D eigenvalue weighted by Crippen LogP contribution is -2.31. The largest absolute Gasteiger partial charge is 0.322 e. The number of fused-ring (bicyclic) bond motifs is 1. The lowest BCUT2D eigenvalue weighted by molar-refractivity contribution is -0.384. The Morgan fingerprint density at radius 3 is 2.60 bits per heavy atom. The highest BCUT2D eigenvalue weighted by Gasteiger charge is 2.48. The van der Waals surface area contributed by atoms with Crippen LogP contribution in [-0.2, 0) is 9.59 Å². The predicted octanol–water partition coefficient (Wildman–Crippen LogP) is 3.69. The van der Waals surface area contributed by atoms with Gasteiger partial charge in [-0.2, -0.15) is 0 Å². The molecule has 30 heavy (non-hydrogen) atoms. The third-order valence-corrected chi connectivity index (χ3v) is 5.50. The van der Waals surface area contributed by atoms with Gasteiger partial charge in [0.1, 0.15) is 0 Å². The van der Waals surface area contributed by atoms with Gasteiger partial charge in [-0.05, 0) is 44.0 Å². The zero-order chi connectivity index (χ0) is 21.4. The number of nitro groups is 1. The van der Waals surface area contributed by atoms with Gasteiger partial charge < -0.3 is 5.32 Å². The van der Waals surface area contributed by atoms with Crippen LogP contribution in [0.15, 0.2) is 60.2 Å². The van der Waals surface area contributed by atoms with Gasteiger partial charge in [0, 0.05) is 23.4 Å². The molecule has 1 saturated heterocycles. The number of nitrogens with one attached hydrogen (secondary N) is 1. The van der Waals surface area contributed by atoms with Crippen molar-refractivity contribution in [2.24, 2.45) is 11.8 Å². The number of rotatable bonds is 4. The minimum Gasteiger partial charge on any atom is -0.322 e. The molecular weight excluding hydrogens is 386 g/mol. The zero-order valence-corrected chi connectivity index (χ0v) is 16.2. The number of anilines is 2. The van der Waals surface area contributed by atoms with Crippen LogP contribution in [0.25, 0.3) is 0 Å². The van der Waals surface area contributed by atoms with Gasteiger partial charge in [0.15, 0.2) is 0 Å². The number of carbonyl (C=O) groups excluding carboxylic acids is 3. The second kappa shape index (κ2) is 7.55. The molecule has 1 fully saturated rings. The van der Waals surface area contributed by atoms with Crippen molar-refractivity contribution in [1.82, 2.24) is 0 Å². The molecule has 1 aliphatic heterocycles. The van der Waals surface area contributed by atoms with E-state index in [4.69, 9.17) is 0 Å². The number of allylic oxidation sites excluding steroid dienone is 2. The van der Waals surface area contributed by atoms with Gasteiger partial charge in [-0.15, -0.1) is 0 Å². The number of hydrogen-bond donors (Lipinski definition) is 1. The highest BCUT2D eigenvalue weighted by molar-refractivity contribution is 6.22. The third-order valence-electron chi connectivity index (χ3n) is 5.50. The molecule has 0 saturated carbocycles. The molecule has 0 bridgehead atoms. The fraction of sp³-hybridized carbons (Fsp3) is 0.227. The van der Waals surface area contributed by atoms with Crippen LogP contribution in [-0.4, -0.2) is 22.6 Å². The summed E-state index contributed by atoms with van der Waals surface area (Å²) in [5.74, 6) is -1.70. The van der Waals surface area contributed by atoms with E-state index in [0.717, 1.165) is 5.57 Å². The van der Waals surface area contributed by atoms with E-state index in [2.05, 4.69) is 5.32 Å². The van der Waals surface area contributed by atoms with Gasteiger partial charge >= 0.3 is 0 Å². The van der Waals surface area contributed by atoms with Gasteiger partial charge in [-0.3, -0.25) is 29.4 Å². The molecule has 3 amide bonds. The van der Waals surface area contributed by atoms with Gasteiger partial charge in [0.25, 0.3) is 11.6 Å². The Labute approximate surface area is 172 Å². The lowest BCUT2D eigenvalue weighted by atomic mass is 9.82. The normalized spacial score (nSPS) is 20.6. The van der Waals surface area contributed by atoms with Gasteiger partial charge in [0.05, 0.1) is 22.4 Å². The summed E-state index contributed by atoms with van der Waals surface area (Å²) in [6.07, 6.45) is 3.11. The number of amides is 3. The second-order valence-corrected chi connectivity index (χ2v) is 7.53. The fourth-order valence-corrected chi connectivity index (χ4v) is 3.98. The number of benzene rings is 2. The van der Waals surface area contributed by atoms with Crippen LogP contribution in [0, 0.1) is 22.0 Å². The molecule has 0 unspecified atom stereocenters. The third kappa shape index (κ3) is 3.47. The Balaban J connectivity index is 1.57. The monoisotopic (exact) mass is 405 g/mol. The summed E-state index contributed by atoms with van der Waals surface area (Å²) in [6, 6.07) is 11.9. The number of hydrogen-bond acceptors (Lipinski definition) is 5. The average molecular weight is 405 g/mol. The Morgan fingerprint density at radius 2 is 1.83 bits per heavy atom. The molecule has 1 aliphatic carbocycles. The van der Waals surface area contributed by atoms with E-state index in [1.54, 1.807) is 24.3 Å². The van der Waals surface area contributed by atoms with E-state index in [0.29, 0.717) is 18.5 Å². The van der Waals surface area contributed by atoms with Gasteiger partial charge in [-0.1, -0.05) is 23.8 Å². The van der Waals surface area contributed by atoms with Crippen molar-refractivity contribution in [3.05, 3.63) is 75.9 Å². The number of imide groups is 1. The summed E-state index contributed by atoms with van der Waals surface area (Å²) in [4.78, 5) is 49.9. The predicted molar refractivity (Wildman–Crippen MR) is 110 cm³/mol. The standard InChI is InChI=1S/C22H19N3O5/c1-13-8-9-18-19(10-13)22(28)24(21(18)27)16-6-2-4-14(11-16)20(26)23-15-5-3-7-17(12-15)25(29)30/h2-8,11-12,18-19H,9-10H2,1H3,(H,23,26)/t18-,19-/m0/s1. The number of carbonyl (C=O) groups is 3. The first-order chi connectivity index (χ1) is 14.3. The molecular formula is C22H19N3O5. The molecule has 4 rings (SSSR count). The highest BCUT2D eigenvalue weighted by atomic mass is 16.6. The van der Waals surface area contributed by atoms with Crippen LogP contribution in [0.3, 0.4) is 0 Å². The van der Waals surface area contributed by atoms with Crippen LogP contribution < -0.4 is 10.2 Å². The summed E-state index contributed by atoms with van der Waals surface area (Å²) >= 11 is 0. The lowest BCUT2D eigenvalue weighted by Gasteiger charge is -2.18. The van der Waals surface area contributed by atoms with Crippen molar-refractivity contribution in [3.8, 4) is 0 Å². The molecule has 0 spiro atoms. The molecule has 2 aromatic rings. The molecule has 1 heterocycles. The Hall–Kier alpha value is -3.81. The van der Waals surface area contributed by atoms with E-state index in [9.17, 15) is 24.5 Å². The molecule has 1 N–H and O–H groups in total. The summed E-state index contributed by atoms with van der Waals surface area (Å²) < 4.78 is 0. The molecule has 8 nitrogen and oxygen atoms in total. The number of nitro benzene ring substituents is 1. The smallest absolute Gasteiger partial charge is 0.271 e. The SMILES string of the molecule is CC1=CC[C@@H]2C(=O)N(c3cccc(C(=O)Nc4cccc([N+](=O)[O-])c4)c3)C(=O)[C@H]2C1. The van der Waals surface area contributed by atoms with Crippen molar-refractivity contribution >= 4 is 34.8 Å². The maximum Gasteiger partial charge on any atom is 0.271 e. The Bertz CT molecular complexity index is 1110. The second-order valence-electron chi connectivity index (χ2n) is 7.53. The topological polar surface area (TPSA) is 110 Å². The summed E-state index contributed by atoms with van der Waals surface area (Å²) in [5.41, 5.74) is 1.83. The van der Waals surface area contributed by atoms with E-state index in [1.165, 1.54) is 29.2 Å². The Morgan fingerprint density at radius 1 is 1.10 bits per heavy atom. The van der Waals surface area contributed by atoms with Crippen molar-refractivity contribution in [3.63, 3.8) is 0 Å². The Kier molecular flexibility index (Phi) is 4.91. The first kappa shape index (κ1) is 19.5. The molecule has 2 aliphatic rings. The highest BCUT2D eigenvalue weighted by Crippen LogP contribution is 2.39. The van der Waals surface area contributed by atoms with Crippen LogP contribution >= 0.6 is 0 Å². The van der Waals surface area contributed by atoms with Gasteiger partial charge in [-0.25, -0.2) is 0 Å². The minimum atomic E-state index is -0.545. The van der Waals surface area contributed by atoms with Crippen LogP contribution in [0.1, 0.15) is 30.1 Å². The summed E-state index contributed by atoms with van der Waals surface area (Å²) in [7, 11) is 0. The van der Waals surface area contributed by atoms with Crippen LogP contribution in [0.2, 0.25) is 0 Å². The quantitative estimate of drug-likeness (QED) is 0.361. The number of nitrogens with zero attached hydrogens (tertiary/aromatic N) is 2. The molecule has 2 atom stereocenters. The van der Waals surface area contributed by atoms with Crippen molar-refractivity contribution in [2.75, 3.05) is 10.2 Å². The van der Waals surface area contributed by atoms with Crippen LogP contribution in [0.4, 0.5) is 17.1 Å². The van der Waals surface area contributed by atoms with E-state index in [1.807, 2.05) is 13.0 Å². The van der Waals surface area contributed by atoms with Crippen molar-refractivity contribution in [2.45, 2.75) is 19.8 Å².